The van der Waals surface area contributed by atoms with Crippen molar-refractivity contribution in [1.29, 1.82) is 0 Å². The highest BCUT2D eigenvalue weighted by molar-refractivity contribution is 5.87. The molecule has 0 aromatic heterocycles. The second-order valence-electron chi connectivity index (χ2n) is 5.04. The summed E-state index contributed by atoms with van der Waals surface area (Å²) in [4.78, 5) is 35.5. The quantitative estimate of drug-likeness (QED) is 0.454. The molecule has 1 rings (SSSR count). The molecule has 21 heavy (non-hydrogen) atoms. The molecule has 7 heteroatoms. The summed E-state index contributed by atoms with van der Waals surface area (Å²) in [5, 5.41) is 0. The third-order valence-electron chi connectivity index (χ3n) is 3.20. The molecule has 1 aliphatic heterocycles. The van der Waals surface area contributed by atoms with Crippen molar-refractivity contribution in [1.82, 2.24) is 0 Å². The van der Waals surface area contributed by atoms with Gasteiger partial charge in [0.05, 0.1) is 5.92 Å². The molecule has 0 saturated carbocycles. The van der Waals surface area contributed by atoms with Crippen molar-refractivity contribution in [2.24, 2.45) is 11.7 Å². The Morgan fingerprint density at radius 3 is 2.57 bits per heavy atom. The van der Waals surface area contributed by atoms with Crippen molar-refractivity contribution in [2.75, 3.05) is 6.61 Å². The SMILES string of the molecule is C=C(C)C(=O)O[C@H]1[C@H](C)OC(=O)C(N)COC(=O)[C@@H]1CC. The first-order chi connectivity index (χ1) is 9.77. The van der Waals surface area contributed by atoms with Gasteiger partial charge >= 0.3 is 17.9 Å². The number of hydrogen-bond donors (Lipinski definition) is 1. The molecule has 0 bridgehead atoms. The lowest BCUT2D eigenvalue weighted by Gasteiger charge is -2.28. The molecule has 1 aliphatic rings. The Morgan fingerprint density at radius 1 is 1.43 bits per heavy atom. The lowest BCUT2D eigenvalue weighted by Crippen LogP contribution is -2.42. The van der Waals surface area contributed by atoms with Gasteiger partial charge in [-0.05, 0) is 20.3 Å². The molecule has 0 aliphatic carbocycles. The number of cyclic esters (lactones) is 2. The fraction of sp³-hybridized carbons (Fsp3) is 0.643. The second kappa shape index (κ2) is 7.21. The molecular weight excluding hydrogens is 278 g/mol. The van der Waals surface area contributed by atoms with Crippen LogP contribution in [0.5, 0.6) is 0 Å². The van der Waals surface area contributed by atoms with Gasteiger partial charge in [-0.25, -0.2) is 4.79 Å². The number of carbonyl (C=O) groups is 3. The van der Waals surface area contributed by atoms with E-state index in [0.717, 1.165) is 0 Å². The van der Waals surface area contributed by atoms with Crippen LogP contribution >= 0.6 is 0 Å². The van der Waals surface area contributed by atoms with Crippen molar-refractivity contribution in [3.63, 3.8) is 0 Å². The molecule has 1 heterocycles. The summed E-state index contributed by atoms with van der Waals surface area (Å²) in [5.74, 6) is -2.67. The van der Waals surface area contributed by atoms with Crippen LogP contribution in [0.4, 0.5) is 0 Å². The van der Waals surface area contributed by atoms with E-state index in [1.54, 1.807) is 13.8 Å². The van der Waals surface area contributed by atoms with Gasteiger partial charge in [0.25, 0.3) is 0 Å². The van der Waals surface area contributed by atoms with Crippen LogP contribution in [0.2, 0.25) is 0 Å². The van der Waals surface area contributed by atoms with E-state index in [4.69, 9.17) is 19.9 Å². The first kappa shape index (κ1) is 17.2. The first-order valence-electron chi connectivity index (χ1n) is 6.77. The maximum Gasteiger partial charge on any atom is 0.333 e. The summed E-state index contributed by atoms with van der Waals surface area (Å²) in [7, 11) is 0. The van der Waals surface area contributed by atoms with Crippen molar-refractivity contribution < 1.29 is 28.6 Å². The molecule has 0 radical (unpaired) electrons. The topological polar surface area (TPSA) is 105 Å². The smallest absolute Gasteiger partial charge is 0.333 e. The highest BCUT2D eigenvalue weighted by Gasteiger charge is 2.39. The van der Waals surface area contributed by atoms with Crippen molar-refractivity contribution in [2.45, 2.75) is 45.4 Å². The minimum Gasteiger partial charge on any atom is -0.463 e. The number of nitrogens with two attached hydrogens (primary N) is 1. The first-order valence-corrected chi connectivity index (χ1v) is 6.77. The van der Waals surface area contributed by atoms with Gasteiger partial charge in [-0.2, -0.15) is 0 Å². The van der Waals surface area contributed by atoms with Gasteiger partial charge in [0.15, 0.2) is 6.10 Å². The summed E-state index contributed by atoms with van der Waals surface area (Å²) < 4.78 is 15.4. The molecule has 0 spiro atoms. The van der Waals surface area contributed by atoms with E-state index in [1.165, 1.54) is 6.92 Å². The molecule has 1 fully saturated rings. The van der Waals surface area contributed by atoms with Crippen LogP contribution in [0.25, 0.3) is 0 Å². The van der Waals surface area contributed by atoms with Crippen molar-refractivity contribution in [3.8, 4) is 0 Å². The van der Waals surface area contributed by atoms with Crippen LogP contribution < -0.4 is 5.73 Å². The Balaban J connectivity index is 3.05. The van der Waals surface area contributed by atoms with Crippen LogP contribution in [-0.2, 0) is 28.6 Å². The van der Waals surface area contributed by atoms with Gasteiger partial charge < -0.3 is 19.9 Å². The largest absolute Gasteiger partial charge is 0.463 e. The molecule has 7 nitrogen and oxygen atoms in total. The minimum atomic E-state index is -1.05. The number of esters is 3. The third kappa shape index (κ3) is 4.29. The lowest BCUT2D eigenvalue weighted by molar-refractivity contribution is -0.172. The molecule has 0 aromatic carbocycles. The Bertz CT molecular complexity index is 447. The Labute approximate surface area is 123 Å². The molecule has 4 atom stereocenters. The van der Waals surface area contributed by atoms with Gasteiger partial charge in [0, 0.05) is 5.57 Å². The maximum atomic E-state index is 12.1. The van der Waals surface area contributed by atoms with Crippen molar-refractivity contribution >= 4 is 17.9 Å². The zero-order chi connectivity index (χ0) is 16.2. The van der Waals surface area contributed by atoms with E-state index in [2.05, 4.69) is 6.58 Å². The molecule has 118 valence electrons. The summed E-state index contributed by atoms with van der Waals surface area (Å²) in [6.45, 7) is 8.01. The number of rotatable bonds is 3. The third-order valence-corrected chi connectivity index (χ3v) is 3.20. The molecule has 2 N–H and O–H groups in total. The van der Waals surface area contributed by atoms with Gasteiger partial charge in [-0.1, -0.05) is 13.5 Å². The molecular formula is C14H21NO6. The predicted octanol–water partition coefficient (Wildman–Crippen LogP) is 0.316. The Hall–Kier alpha value is -1.89. The molecule has 1 saturated heterocycles. The van der Waals surface area contributed by atoms with E-state index in [0.29, 0.717) is 6.42 Å². The lowest BCUT2D eigenvalue weighted by atomic mass is 9.95. The van der Waals surface area contributed by atoms with Gasteiger partial charge in [-0.15, -0.1) is 0 Å². The van der Waals surface area contributed by atoms with Gasteiger partial charge in [0.2, 0.25) is 0 Å². The van der Waals surface area contributed by atoms with E-state index >= 15 is 0 Å². The average molecular weight is 299 g/mol. The Morgan fingerprint density at radius 2 is 2.05 bits per heavy atom. The van der Waals surface area contributed by atoms with Crippen molar-refractivity contribution in [3.05, 3.63) is 12.2 Å². The summed E-state index contributed by atoms with van der Waals surface area (Å²) in [6.07, 6.45) is -1.40. The fourth-order valence-corrected chi connectivity index (χ4v) is 1.95. The second-order valence-corrected chi connectivity index (χ2v) is 5.04. The van der Waals surface area contributed by atoms with Crippen LogP contribution in [0.1, 0.15) is 27.2 Å². The van der Waals surface area contributed by atoms with E-state index in [1.807, 2.05) is 0 Å². The molecule has 0 aromatic rings. The zero-order valence-electron chi connectivity index (χ0n) is 12.5. The van der Waals surface area contributed by atoms with Crippen LogP contribution in [-0.4, -0.2) is 42.8 Å². The highest BCUT2D eigenvalue weighted by Crippen LogP contribution is 2.22. The number of ether oxygens (including phenoxy) is 3. The molecule has 0 amide bonds. The van der Waals surface area contributed by atoms with Crippen LogP contribution in [0.15, 0.2) is 12.2 Å². The van der Waals surface area contributed by atoms with E-state index in [9.17, 15) is 14.4 Å². The van der Waals surface area contributed by atoms with E-state index < -0.39 is 42.1 Å². The van der Waals surface area contributed by atoms with Gasteiger partial charge in [-0.3, -0.25) is 9.59 Å². The predicted molar refractivity (Wildman–Crippen MR) is 73.0 cm³/mol. The fourth-order valence-electron chi connectivity index (χ4n) is 1.95. The van der Waals surface area contributed by atoms with Crippen LogP contribution in [0.3, 0.4) is 0 Å². The monoisotopic (exact) mass is 299 g/mol. The summed E-state index contributed by atoms with van der Waals surface area (Å²) in [5.41, 5.74) is 5.74. The zero-order valence-corrected chi connectivity index (χ0v) is 12.5. The number of carbonyl (C=O) groups excluding carboxylic acids is 3. The standard InChI is InChI=1S/C14H21NO6/c1-5-9-11(21-12(16)7(2)3)8(4)20-14(18)10(15)6-19-13(9)17/h8-11H,2,5-6,15H2,1,3-4H3/t8-,9+,10?,11-/m0/s1. The summed E-state index contributed by atoms with van der Waals surface area (Å²) in [6, 6.07) is -1.05. The average Bonchev–Trinajstić information content (AvgIpc) is 2.45. The summed E-state index contributed by atoms with van der Waals surface area (Å²) >= 11 is 0. The number of hydrogen-bond acceptors (Lipinski definition) is 7. The van der Waals surface area contributed by atoms with Crippen LogP contribution in [0, 0.1) is 5.92 Å². The normalized spacial score (nSPS) is 30.3. The Kier molecular flexibility index (Phi) is 5.90. The van der Waals surface area contributed by atoms with E-state index in [-0.39, 0.29) is 12.2 Å². The maximum absolute atomic E-state index is 12.1. The molecule has 1 unspecified atom stereocenters. The van der Waals surface area contributed by atoms with Gasteiger partial charge in [0.1, 0.15) is 18.8 Å². The minimum absolute atomic E-state index is 0.188. The highest BCUT2D eigenvalue weighted by atomic mass is 16.6.